The van der Waals surface area contributed by atoms with Crippen molar-refractivity contribution in [3.63, 3.8) is 0 Å². The van der Waals surface area contributed by atoms with E-state index in [2.05, 4.69) is 4.99 Å². The van der Waals surface area contributed by atoms with Crippen LogP contribution in [0.4, 0.5) is 0 Å². The van der Waals surface area contributed by atoms with E-state index in [9.17, 15) is 4.79 Å². The van der Waals surface area contributed by atoms with Gasteiger partial charge in [0.05, 0.1) is 0 Å². The number of likely N-dealkylation sites (N-methyl/N-ethyl adjacent to an activating group) is 1. The Morgan fingerprint density at radius 3 is 2.41 bits per heavy atom. The molecule has 1 aliphatic heterocycles. The molecule has 0 bridgehead atoms. The van der Waals surface area contributed by atoms with E-state index < -0.39 is 0 Å². The first-order valence-corrected chi connectivity index (χ1v) is 5.77. The topological polar surface area (TPSA) is 32.7 Å². The summed E-state index contributed by atoms with van der Waals surface area (Å²) in [6.45, 7) is 6.52. The van der Waals surface area contributed by atoms with Crippen molar-refractivity contribution in [2.75, 3.05) is 6.54 Å². The van der Waals surface area contributed by atoms with Crippen molar-refractivity contribution < 1.29 is 4.79 Å². The van der Waals surface area contributed by atoms with Gasteiger partial charge in [-0.25, -0.2) is 4.99 Å². The second kappa shape index (κ2) is 4.53. The van der Waals surface area contributed by atoms with Crippen LogP contribution in [0.5, 0.6) is 0 Å². The van der Waals surface area contributed by atoms with E-state index in [1.165, 1.54) is 5.56 Å². The van der Waals surface area contributed by atoms with Gasteiger partial charge in [0.2, 0.25) is 0 Å². The highest BCUT2D eigenvalue weighted by atomic mass is 16.2. The summed E-state index contributed by atoms with van der Waals surface area (Å²) in [5.74, 6) is 0.765. The number of aryl methyl sites for hydroxylation is 1. The molecule has 0 fully saturated rings. The molecular formula is C14H16N2O. The molecule has 1 aliphatic rings. The third-order valence-electron chi connectivity index (χ3n) is 2.83. The van der Waals surface area contributed by atoms with Gasteiger partial charge >= 0.3 is 0 Å². The molecule has 0 N–H and O–H groups in total. The van der Waals surface area contributed by atoms with Crippen molar-refractivity contribution in [1.29, 1.82) is 0 Å². The molecule has 1 aromatic carbocycles. The van der Waals surface area contributed by atoms with E-state index in [0.29, 0.717) is 12.2 Å². The number of carbonyl (C=O) groups excluding carboxylic acids is 1. The highest BCUT2D eigenvalue weighted by Gasteiger charge is 2.25. The number of amides is 1. The predicted octanol–water partition coefficient (Wildman–Crippen LogP) is 2.62. The zero-order valence-electron chi connectivity index (χ0n) is 10.4. The summed E-state index contributed by atoms with van der Waals surface area (Å²) in [6, 6.07) is 8.05. The van der Waals surface area contributed by atoms with Crippen LogP contribution >= 0.6 is 0 Å². The van der Waals surface area contributed by atoms with Crippen LogP contribution in [0.1, 0.15) is 25.0 Å². The quantitative estimate of drug-likeness (QED) is 0.716. The summed E-state index contributed by atoms with van der Waals surface area (Å²) < 4.78 is 0. The van der Waals surface area contributed by atoms with Crippen LogP contribution in [0.25, 0.3) is 6.08 Å². The maximum atomic E-state index is 12.0. The second-order valence-corrected chi connectivity index (χ2v) is 4.15. The molecule has 0 atom stereocenters. The molecule has 3 nitrogen and oxygen atoms in total. The van der Waals surface area contributed by atoms with Gasteiger partial charge in [0, 0.05) is 6.54 Å². The van der Waals surface area contributed by atoms with E-state index >= 15 is 0 Å². The summed E-state index contributed by atoms with van der Waals surface area (Å²) in [6.07, 6.45) is 1.83. The summed E-state index contributed by atoms with van der Waals surface area (Å²) in [7, 11) is 0. The highest BCUT2D eigenvalue weighted by Crippen LogP contribution is 2.18. The van der Waals surface area contributed by atoms with Gasteiger partial charge in [0.15, 0.2) is 0 Å². The molecule has 1 aromatic rings. The molecule has 0 saturated carbocycles. The number of aliphatic imine (C=N–C) groups is 1. The number of hydrogen-bond acceptors (Lipinski definition) is 2. The van der Waals surface area contributed by atoms with Crippen molar-refractivity contribution in [2.45, 2.75) is 20.8 Å². The van der Waals surface area contributed by atoms with Gasteiger partial charge in [-0.2, -0.15) is 0 Å². The number of rotatable bonds is 2. The van der Waals surface area contributed by atoms with Crippen LogP contribution < -0.4 is 0 Å². The van der Waals surface area contributed by atoms with Gasteiger partial charge in [-0.1, -0.05) is 29.8 Å². The molecule has 0 unspecified atom stereocenters. The average Bonchev–Trinajstić information content (AvgIpc) is 2.57. The van der Waals surface area contributed by atoms with Crippen molar-refractivity contribution in [3.8, 4) is 0 Å². The van der Waals surface area contributed by atoms with E-state index in [1.54, 1.807) is 4.90 Å². The number of benzene rings is 1. The molecule has 17 heavy (non-hydrogen) atoms. The van der Waals surface area contributed by atoms with Gasteiger partial charge < -0.3 is 0 Å². The Hall–Kier alpha value is -1.90. The number of nitrogens with zero attached hydrogens (tertiary/aromatic N) is 2. The van der Waals surface area contributed by atoms with Gasteiger partial charge in [0.25, 0.3) is 5.91 Å². The van der Waals surface area contributed by atoms with Crippen LogP contribution in [0, 0.1) is 6.92 Å². The minimum atomic E-state index is -0.00873. The lowest BCUT2D eigenvalue weighted by atomic mass is 10.1. The average molecular weight is 228 g/mol. The largest absolute Gasteiger partial charge is 0.295 e. The third kappa shape index (κ3) is 2.28. The normalized spacial score (nSPS) is 17.8. The summed E-state index contributed by atoms with van der Waals surface area (Å²) in [4.78, 5) is 17.9. The van der Waals surface area contributed by atoms with Gasteiger partial charge in [-0.3, -0.25) is 9.69 Å². The fourth-order valence-electron chi connectivity index (χ4n) is 1.85. The molecule has 0 saturated heterocycles. The van der Waals surface area contributed by atoms with Gasteiger partial charge in [0.1, 0.15) is 11.5 Å². The lowest BCUT2D eigenvalue weighted by Gasteiger charge is -2.11. The van der Waals surface area contributed by atoms with E-state index in [0.717, 1.165) is 11.4 Å². The Bertz CT molecular complexity index is 497. The fraction of sp³-hybridized carbons (Fsp3) is 0.286. The highest BCUT2D eigenvalue weighted by molar-refractivity contribution is 6.13. The molecule has 3 heteroatoms. The molecule has 1 heterocycles. The summed E-state index contributed by atoms with van der Waals surface area (Å²) in [5, 5.41) is 0. The Labute approximate surface area is 101 Å². The first-order chi connectivity index (χ1) is 8.11. The van der Waals surface area contributed by atoms with Crippen molar-refractivity contribution in [3.05, 3.63) is 41.1 Å². The van der Waals surface area contributed by atoms with Crippen molar-refractivity contribution >= 4 is 17.8 Å². The minimum absolute atomic E-state index is 0.00873. The van der Waals surface area contributed by atoms with Crippen LogP contribution in [0.3, 0.4) is 0 Å². The Balaban J connectivity index is 2.30. The molecule has 0 spiro atoms. The van der Waals surface area contributed by atoms with E-state index in [1.807, 2.05) is 51.1 Å². The van der Waals surface area contributed by atoms with Crippen LogP contribution in [0.2, 0.25) is 0 Å². The summed E-state index contributed by atoms with van der Waals surface area (Å²) >= 11 is 0. The standard InChI is InChI=1S/C14H16N2O/c1-4-16-11(3)15-13(14(16)17)9-12-7-5-10(2)6-8-12/h5-9H,4H2,1-3H3/b13-9-. The number of amidine groups is 1. The van der Waals surface area contributed by atoms with Gasteiger partial charge in [-0.15, -0.1) is 0 Å². The SMILES string of the molecule is CCN1C(=O)/C(=C/c2ccc(C)cc2)N=C1C. The predicted molar refractivity (Wildman–Crippen MR) is 69.7 cm³/mol. The molecule has 88 valence electrons. The van der Waals surface area contributed by atoms with Gasteiger partial charge in [-0.05, 0) is 32.4 Å². The third-order valence-corrected chi connectivity index (χ3v) is 2.83. The Morgan fingerprint density at radius 2 is 1.88 bits per heavy atom. The zero-order valence-corrected chi connectivity index (χ0v) is 10.4. The molecule has 0 radical (unpaired) electrons. The minimum Gasteiger partial charge on any atom is -0.295 e. The number of hydrogen-bond donors (Lipinski definition) is 0. The van der Waals surface area contributed by atoms with Crippen molar-refractivity contribution in [1.82, 2.24) is 4.90 Å². The Morgan fingerprint density at radius 1 is 1.24 bits per heavy atom. The van der Waals surface area contributed by atoms with E-state index in [-0.39, 0.29) is 5.91 Å². The Kier molecular flexibility index (Phi) is 3.09. The molecule has 1 amide bonds. The molecular weight excluding hydrogens is 212 g/mol. The first kappa shape index (κ1) is 11.6. The fourth-order valence-corrected chi connectivity index (χ4v) is 1.85. The molecule has 0 aliphatic carbocycles. The summed E-state index contributed by atoms with van der Waals surface area (Å²) in [5.41, 5.74) is 2.74. The van der Waals surface area contributed by atoms with Crippen LogP contribution in [-0.2, 0) is 4.79 Å². The van der Waals surface area contributed by atoms with Crippen LogP contribution in [0.15, 0.2) is 35.0 Å². The zero-order chi connectivity index (χ0) is 12.4. The van der Waals surface area contributed by atoms with Crippen molar-refractivity contribution in [2.24, 2.45) is 4.99 Å². The monoisotopic (exact) mass is 228 g/mol. The smallest absolute Gasteiger partial charge is 0.277 e. The lowest BCUT2D eigenvalue weighted by molar-refractivity contribution is -0.122. The number of carbonyl (C=O) groups is 1. The molecule has 0 aromatic heterocycles. The first-order valence-electron chi connectivity index (χ1n) is 5.77. The van der Waals surface area contributed by atoms with E-state index in [4.69, 9.17) is 0 Å². The lowest BCUT2D eigenvalue weighted by Crippen LogP contribution is -2.29. The van der Waals surface area contributed by atoms with Crippen LogP contribution in [-0.4, -0.2) is 23.2 Å². The second-order valence-electron chi connectivity index (χ2n) is 4.15. The molecule has 2 rings (SSSR count). The maximum absolute atomic E-state index is 12.0. The maximum Gasteiger partial charge on any atom is 0.277 e.